The highest BCUT2D eigenvalue weighted by molar-refractivity contribution is 7.92. The second kappa shape index (κ2) is 13.1. The van der Waals surface area contributed by atoms with Gasteiger partial charge in [-0.15, -0.1) is 0 Å². The Balaban J connectivity index is 0.000000587. The van der Waals surface area contributed by atoms with Gasteiger partial charge in [0.1, 0.15) is 0 Å². The minimum absolute atomic E-state index is 0.0542. The second-order valence-corrected chi connectivity index (χ2v) is 12.0. The third kappa shape index (κ3) is 8.32. The van der Waals surface area contributed by atoms with E-state index in [4.69, 9.17) is 9.90 Å². The normalized spacial score (nSPS) is 17.0. The van der Waals surface area contributed by atoms with E-state index >= 15 is 0 Å². The summed E-state index contributed by atoms with van der Waals surface area (Å²) in [6.45, 7) is 9.37. The smallest absolute Gasteiger partial charge is 0.478 e. The monoisotopic (exact) mass is 600 g/mol. The SMILES string of the molecule is Cc1cc(C)c(S(=O)(=O)Nc2cc(C(=O)O)cnc2N2CCC(N3CCCCC3)CC2)cc1C.O=C(O)C(F)(F)F. The molecule has 0 amide bonds. The largest absolute Gasteiger partial charge is 0.490 e. The number of benzene rings is 1. The first-order valence-corrected chi connectivity index (χ1v) is 14.7. The molecule has 226 valence electrons. The molecule has 0 spiro atoms. The van der Waals surface area contributed by atoms with Crippen molar-refractivity contribution in [2.24, 2.45) is 0 Å². The first kappa shape index (κ1) is 32.1. The number of aliphatic carboxylic acids is 1. The van der Waals surface area contributed by atoms with Gasteiger partial charge in [-0.05, 0) is 88.4 Å². The first-order chi connectivity index (χ1) is 19.1. The number of sulfonamides is 1. The van der Waals surface area contributed by atoms with E-state index in [9.17, 15) is 31.5 Å². The predicted octanol–water partition coefficient (Wildman–Crippen LogP) is 4.59. The molecule has 3 heterocycles. The minimum atomic E-state index is -5.08. The van der Waals surface area contributed by atoms with Crippen LogP contribution in [0, 0.1) is 20.8 Å². The lowest BCUT2D eigenvalue weighted by Crippen LogP contribution is -2.47. The van der Waals surface area contributed by atoms with E-state index in [0.717, 1.165) is 50.1 Å². The van der Waals surface area contributed by atoms with E-state index in [1.165, 1.54) is 31.5 Å². The summed E-state index contributed by atoms with van der Waals surface area (Å²) in [5, 5.41) is 16.6. The number of carbonyl (C=O) groups is 2. The number of alkyl halides is 3. The zero-order valence-electron chi connectivity index (χ0n) is 23.2. The van der Waals surface area contributed by atoms with Crippen LogP contribution in [0.5, 0.6) is 0 Å². The molecular weight excluding hydrogens is 565 g/mol. The van der Waals surface area contributed by atoms with Crippen LogP contribution in [0.25, 0.3) is 0 Å². The van der Waals surface area contributed by atoms with Gasteiger partial charge in [-0.25, -0.2) is 23.0 Å². The molecule has 2 saturated heterocycles. The molecule has 1 aromatic heterocycles. The zero-order chi connectivity index (χ0) is 30.5. The predicted molar refractivity (Wildman–Crippen MR) is 147 cm³/mol. The average molecular weight is 601 g/mol. The topological polar surface area (TPSA) is 140 Å². The quantitative estimate of drug-likeness (QED) is 0.434. The van der Waals surface area contributed by atoms with E-state index in [1.54, 1.807) is 13.0 Å². The molecule has 3 N–H and O–H groups in total. The van der Waals surface area contributed by atoms with Crippen LogP contribution in [0.1, 0.15) is 59.2 Å². The van der Waals surface area contributed by atoms with Crippen LogP contribution in [-0.4, -0.2) is 78.9 Å². The second-order valence-electron chi connectivity index (χ2n) is 10.3. The average Bonchev–Trinajstić information content (AvgIpc) is 2.91. The summed E-state index contributed by atoms with van der Waals surface area (Å²) in [6, 6.07) is 5.41. The maximum Gasteiger partial charge on any atom is 0.490 e. The molecule has 0 bridgehead atoms. The van der Waals surface area contributed by atoms with Crippen LogP contribution < -0.4 is 9.62 Å². The Labute approximate surface area is 237 Å². The fourth-order valence-corrected chi connectivity index (χ4v) is 6.42. The van der Waals surface area contributed by atoms with Crippen LogP contribution in [0.3, 0.4) is 0 Å². The summed E-state index contributed by atoms with van der Waals surface area (Å²) in [5.41, 5.74) is 2.68. The Hall–Kier alpha value is -3.39. The van der Waals surface area contributed by atoms with Crippen molar-refractivity contribution in [1.29, 1.82) is 0 Å². The molecule has 2 aromatic rings. The number of carboxylic acid groups (broad SMARTS) is 2. The fraction of sp³-hybridized carbons (Fsp3) is 0.519. The summed E-state index contributed by atoms with van der Waals surface area (Å²) in [7, 11) is -3.93. The van der Waals surface area contributed by atoms with Crippen LogP contribution in [0.15, 0.2) is 29.3 Å². The van der Waals surface area contributed by atoms with Gasteiger partial charge >= 0.3 is 18.1 Å². The molecule has 14 heteroatoms. The van der Waals surface area contributed by atoms with Crippen LogP contribution in [-0.2, 0) is 14.8 Å². The summed E-state index contributed by atoms with van der Waals surface area (Å²) in [6.07, 6.45) is 1.98. The van der Waals surface area contributed by atoms with Crippen molar-refractivity contribution < 1.29 is 41.4 Å². The molecule has 0 aliphatic carbocycles. The molecule has 2 fully saturated rings. The number of aromatic nitrogens is 1. The van der Waals surface area contributed by atoms with Gasteiger partial charge < -0.3 is 20.0 Å². The molecular formula is C27H35F3N4O6S. The molecule has 4 rings (SSSR count). The maximum atomic E-state index is 13.3. The fourth-order valence-electron chi connectivity index (χ4n) is 5.05. The molecule has 0 unspecified atom stereocenters. The molecule has 41 heavy (non-hydrogen) atoms. The van der Waals surface area contributed by atoms with Gasteiger partial charge in [0, 0.05) is 25.3 Å². The standard InChI is InChI=1S/C25H34N4O4S.C2HF3O2/c1-17-13-19(3)23(14-18(17)2)34(32,33)27-22-15-20(25(30)31)16-26-24(22)29-11-7-21(8-12-29)28-9-5-4-6-10-28;3-2(4,5)1(6)7/h13-16,21,27H,4-12H2,1-3H3,(H,30,31);(H,6,7). The highest BCUT2D eigenvalue weighted by atomic mass is 32.2. The number of nitrogens with one attached hydrogen (secondary N) is 1. The van der Waals surface area contributed by atoms with E-state index in [2.05, 4.69) is 19.5 Å². The molecule has 10 nitrogen and oxygen atoms in total. The van der Waals surface area contributed by atoms with Crippen molar-refractivity contribution in [2.75, 3.05) is 35.8 Å². The lowest BCUT2D eigenvalue weighted by Gasteiger charge is -2.40. The Morgan fingerprint density at radius 2 is 1.49 bits per heavy atom. The van der Waals surface area contributed by atoms with Gasteiger partial charge in [-0.2, -0.15) is 13.2 Å². The van der Waals surface area contributed by atoms with Crippen LogP contribution >= 0.6 is 0 Å². The molecule has 0 saturated carbocycles. The molecule has 1 aromatic carbocycles. The van der Waals surface area contributed by atoms with Crippen molar-refractivity contribution in [2.45, 2.75) is 70.0 Å². The van der Waals surface area contributed by atoms with E-state index in [1.807, 2.05) is 19.9 Å². The van der Waals surface area contributed by atoms with Gasteiger partial charge in [-0.1, -0.05) is 12.5 Å². The Bertz CT molecular complexity index is 1370. The highest BCUT2D eigenvalue weighted by Gasteiger charge is 2.38. The van der Waals surface area contributed by atoms with Crippen molar-refractivity contribution in [3.05, 3.63) is 46.6 Å². The third-order valence-corrected chi connectivity index (χ3v) is 8.86. The number of aromatic carboxylic acids is 1. The number of likely N-dealkylation sites (tertiary alicyclic amines) is 1. The number of rotatable bonds is 6. The number of anilines is 2. The zero-order valence-corrected chi connectivity index (χ0v) is 24.0. The number of hydrogen-bond acceptors (Lipinski definition) is 7. The molecule has 0 atom stereocenters. The third-order valence-electron chi connectivity index (χ3n) is 7.35. The summed E-state index contributed by atoms with van der Waals surface area (Å²) in [5.74, 6) is -3.43. The van der Waals surface area contributed by atoms with Gasteiger partial charge in [0.15, 0.2) is 5.82 Å². The lowest BCUT2D eigenvalue weighted by atomic mass is 10.00. The van der Waals surface area contributed by atoms with Gasteiger partial charge in [-0.3, -0.25) is 4.72 Å². The summed E-state index contributed by atoms with van der Waals surface area (Å²) < 4.78 is 61.1. The van der Waals surface area contributed by atoms with Gasteiger partial charge in [0.2, 0.25) is 0 Å². The van der Waals surface area contributed by atoms with E-state index < -0.39 is 28.1 Å². The van der Waals surface area contributed by atoms with Crippen molar-refractivity contribution in [3.8, 4) is 0 Å². The van der Waals surface area contributed by atoms with Crippen LogP contribution in [0.2, 0.25) is 0 Å². The molecule has 0 radical (unpaired) electrons. The van der Waals surface area contributed by atoms with Crippen molar-refractivity contribution >= 4 is 33.5 Å². The summed E-state index contributed by atoms with van der Waals surface area (Å²) >= 11 is 0. The Morgan fingerprint density at radius 3 is 2.02 bits per heavy atom. The lowest BCUT2D eigenvalue weighted by molar-refractivity contribution is -0.192. The van der Waals surface area contributed by atoms with Gasteiger partial charge in [0.05, 0.1) is 16.1 Å². The highest BCUT2D eigenvalue weighted by Crippen LogP contribution is 2.32. The van der Waals surface area contributed by atoms with Gasteiger partial charge in [0.25, 0.3) is 10.0 Å². The number of pyridine rings is 1. The number of aryl methyl sites for hydroxylation is 3. The Kier molecular flexibility index (Phi) is 10.2. The molecule has 2 aliphatic rings. The number of piperidine rings is 2. The molecule has 2 aliphatic heterocycles. The Morgan fingerprint density at radius 1 is 0.927 bits per heavy atom. The number of hydrogen-bond donors (Lipinski definition) is 3. The summed E-state index contributed by atoms with van der Waals surface area (Å²) in [4.78, 5) is 29.7. The number of nitrogens with zero attached hydrogens (tertiary/aromatic N) is 3. The maximum absolute atomic E-state index is 13.3. The van der Waals surface area contributed by atoms with Crippen molar-refractivity contribution in [3.63, 3.8) is 0 Å². The van der Waals surface area contributed by atoms with E-state index in [0.29, 0.717) is 17.4 Å². The van der Waals surface area contributed by atoms with E-state index in [-0.39, 0.29) is 16.1 Å². The van der Waals surface area contributed by atoms with Crippen molar-refractivity contribution in [1.82, 2.24) is 9.88 Å². The van der Waals surface area contributed by atoms with Crippen LogP contribution in [0.4, 0.5) is 24.7 Å². The first-order valence-electron chi connectivity index (χ1n) is 13.2. The number of halogens is 3. The minimum Gasteiger partial charge on any atom is -0.478 e. The number of carboxylic acids is 2.